The number of carbonyl (C=O) groups excluding carboxylic acids is 2. The Bertz CT molecular complexity index is 769. The van der Waals surface area contributed by atoms with Gasteiger partial charge in [0.15, 0.2) is 13.2 Å². The van der Waals surface area contributed by atoms with E-state index in [1.807, 2.05) is 0 Å². The normalized spacial score (nSPS) is 13.9. The highest BCUT2D eigenvalue weighted by Crippen LogP contribution is 2.18. The van der Waals surface area contributed by atoms with E-state index in [1.165, 1.54) is 0 Å². The summed E-state index contributed by atoms with van der Waals surface area (Å²) in [5.41, 5.74) is 0. The van der Waals surface area contributed by atoms with Crippen molar-refractivity contribution < 1.29 is 19.1 Å². The summed E-state index contributed by atoms with van der Waals surface area (Å²) in [6.07, 6.45) is 0. The van der Waals surface area contributed by atoms with Crippen molar-refractivity contribution in [3.8, 4) is 11.5 Å². The highest BCUT2D eigenvalue weighted by atomic mass is 35.5. The summed E-state index contributed by atoms with van der Waals surface area (Å²) in [7, 11) is 0. The second-order valence-corrected chi connectivity index (χ2v) is 7.13. The molecule has 0 saturated carbocycles. The van der Waals surface area contributed by atoms with Gasteiger partial charge in [-0.25, -0.2) is 0 Å². The molecule has 0 spiro atoms. The van der Waals surface area contributed by atoms with Gasteiger partial charge in [-0.2, -0.15) is 0 Å². The fourth-order valence-electron chi connectivity index (χ4n) is 2.79. The molecule has 1 aliphatic rings. The number of halogens is 2. The van der Waals surface area contributed by atoms with Gasteiger partial charge in [-0.3, -0.25) is 9.59 Å². The summed E-state index contributed by atoms with van der Waals surface area (Å²) in [5, 5.41) is 1.11. The number of carbonyl (C=O) groups is 2. The van der Waals surface area contributed by atoms with Crippen LogP contribution in [0, 0.1) is 0 Å². The number of nitrogens with zero attached hydrogens (tertiary/aromatic N) is 2. The molecule has 0 aromatic heterocycles. The second kappa shape index (κ2) is 9.66. The largest absolute Gasteiger partial charge is 0.484 e. The quantitative estimate of drug-likeness (QED) is 0.717. The number of benzene rings is 2. The average Bonchev–Trinajstić information content (AvgIpc) is 2.70. The summed E-state index contributed by atoms with van der Waals surface area (Å²) in [4.78, 5) is 28.0. The predicted octanol–water partition coefficient (Wildman–Crippen LogP) is 3.12. The zero-order valence-corrected chi connectivity index (χ0v) is 16.7. The molecule has 3 rings (SSSR count). The first-order valence-corrected chi connectivity index (χ1v) is 9.59. The highest BCUT2D eigenvalue weighted by Gasteiger charge is 2.24. The van der Waals surface area contributed by atoms with Gasteiger partial charge in [0.1, 0.15) is 11.5 Å². The lowest BCUT2D eigenvalue weighted by Gasteiger charge is -2.34. The Morgan fingerprint density at radius 3 is 1.50 bits per heavy atom. The van der Waals surface area contributed by atoms with Crippen molar-refractivity contribution in [2.75, 3.05) is 39.4 Å². The lowest BCUT2D eigenvalue weighted by atomic mass is 10.3. The number of ether oxygens (including phenoxy) is 2. The zero-order valence-electron chi connectivity index (χ0n) is 15.1. The maximum atomic E-state index is 12.3. The molecule has 8 heteroatoms. The van der Waals surface area contributed by atoms with Crippen LogP contribution in [0.1, 0.15) is 0 Å². The van der Waals surface area contributed by atoms with Crippen molar-refractivity contribution in [2.24, 2.45) is 0 Å². The fourth-order valence-corrected chi connectivity index (χ4v) is 3.15. The molecule has 1 heterocycles. The minimum absolute atomic E-state index is 0.0633. The van der Waals surface area contributed by atoms with E-state index < -0.39 is 0 Å². The van der Waals surface area contributed by atoms with Crippen molar-refractivity contribution in [1.82, 2.24) is 9.80 Å². The van der Waals surface area contributed by atoms with Crippen LogP contribution in [-0.4, -0.2) is 61.0 Å². The zero-order chi connectivity index (χ0) is 19.9. The van der Waals surface area contributed by atoms with Crippen LogP contribution in [0.4, 0.5) is 0 Å². The summed E-state index contributed by atoms with van der Waals surface area (Å²) in [6, 6.07) is 13.8. The number of hydrogen-bond donors (Lipinski definition) is 0. The van der Waals surface area contributed by atoms with Crippen LogP contribution in [0.2, 0.25) is 10.0 Å². The van der Waals surface area contributed by atoms with Gasteiger partial charge in [0.25, 0.3) is 11.8 Å². The number of hydrogen-bond acceptors (Lipinski definition) is 4. The first-order valence-electron chi connectivity index (χ1n) is 8.83. The predicted molar refractivity (Wildman–Crippen MR) is 107 cm³/mol. The molecule has 2 amide bonds. The maximum Gasteiger partial charge on any atom is 0.260 e. The standard InChI is InChI=1S/C20H20Cl2N2O4/c21-15-3-1-5-17(11-15)27-13-19(25)23-7-9-24(10-8-23)20(26)14-28-18-6-2-4-16(22)12-18/h1-6,11-12H,7-10,13-14H2. The van der Waals surface area contributed by atoms with Gasteiger partial charge in [-0.15, -0.1) is 0 Å². The van der Waals surface area contributed by atoms with Crippen LogP contribution in [0.5, 0.6) is 11.5 Å². The van der Waals surface area contributed by atoms with Crippen LogP contribution >= 0.6 is 23.2 Å². The van der Waals surface area contributed by atoms with E-state index in [2.05, 4.69) is 0 Å². The SMILES string of the molecule is O=C(COc1cccc(Cl)c1)N1CCN(C(=O)COc2cccc(Cl)c2)CC1. The molecule has 1 fully saturated rings. The van der Waals surface area contributed by atoms with Gasteiger partial charge < -0.3 is 19.3 Å². The molecule has 0 N–H and O–H groups in total. The molecule has 0 radical (unpaired) electrons. The minimum atomic E-state index is -0.123. The van der Waals surface area contributed by atoms with E-state index in [1.54, 1.807) is 58.3 Å². The van der Waals surface area contributed by atoms with Crippen molar-refractivity contribution in [2.45, 2.75) is 0 Å². The highest BCUT2D eigenvalue weighted by molar-refractivity contribution is 6.31. The third kappa shape index (κ3) is 5.78. The van der Waals surface area contributed by atoms with Crippen LogP contribution in [0.3, 0.4) is 0 Å². The molecule has 0 bridgehead atoms. The van der Waals surface area contributed by atoms with Gasteiger partial charge in [0.05, 0.1) is 0 Å². The van der Waals surface area contributed by atoms with Crippen LogP contribution in [0.25, 0.3) is 0 Å². The van der Waals surface area contributed by atoms with Gasteiger partial charge >= 0.3 is 0 Å². The molecule has 2 aromatic carbocycles. The Morgan fingerprint density at radius 2 is 1.14 bits per heavy atom. The van der Waals surface area contributed by atoms with Crippen molar-refractivity contribution in [3.63, 3.8) is 0 Å². The average molecular weight is 423 g/mol. The molecule has 1 aliphatic heterocycles. The maximum absolute atomic E-state index is 12.3. The van der Waals surface area contributed by atoms with Crippen molar-refractivity contribution in [1.29, 1.82) is 0 Å². The van der Waals surface area contributed by atoms with Gasteiger partial charge in [0, 0.05) is 36.2 Å². The topological polar surface area (TPSA) is 59.1 Å². The lowest BCUT2D eigenvalue weighted by Crippen LogP contribution is -2.52. The van der Waals surface area contributed by atoms with Crippen molar-refractivity contribution >= 4 is 35.0 Å². The summed E-state index contributed by atoms with van der Waals surface area (Å²) in [5.74, 6) is 0.852. The molecular formula is C20H20Cl2N2O4. The van der Waals surface area contributed by atoms with E-state index in [0.29, 0.717) is 47.7 Å². The smallest absolute Gasteiger partial charge is 0.260 e. The van der Waals surface area contributed by atoms with E-state index in [-0.39, 0.29) is 25.0 Å². The number of amides is 2. The van der Waals surface area contributed by atoms with E-state index >= 15 is 0 Å². The van der Waals surface area contributed by atoms with Gasteiger partial charge in [-0.1, -0.05) is 35.3 Å². The van der Waals surface area contributed by atoms with E-state index in [9.17, 15) is 9.59 Å². The summed E-state index contributed by atoms with van der Waals surface area (Å²) >= 11 is 11.8. The second-order valence-electron chi connectivity index (χ2n) is 6.25. The Labute approximate surface area is 173 Å². The summed E-state index contributed by atoms with van der Waals surface area (Å²) < 4.78 is 11.0. The molecule has 28 heavy (non-hydrogen) atoms. The molecular weight excluding hydrogens is 403 g/mol. The fraction of sp³-hybridized carbons (Fsp3) is 0.300. The van der Waals surface area contributed by atoms with Crippen LogP contribution in [0.15, 0.2) is 48.5 Å². The van der Waals surface area contributed by atoms with Crippen molar-refractivity contribution in [3.05, 3.63) is 58.6 Å². The molecule has 0 atom stereocenters. The minimum Gasteiger partial charge on any atom is -0.484 e. The number of rotatable bonds is 6. The Hall–Kier alpha value is -2.44. The lowest BCUT2D eigenvalue weighted by molar-refractivity contribution is -0.141. The van der Waals surface area contributed by atoms with Gasteiger partial charge in [0.2, 0.25) is 0 Å². The molecule has 0 aliphatic carbocycles. The Kier molecular flexibility index (Phi) is 7.01. The number of piperazine rings is 1. The molecule has 6 nitrogen and oxygen atoms in total. The molecule has 1 saturated heterocycles. The van der Waals surface area contributed by atoms with E-state index in [0.717, 1.165) is 0 Å². The van der Waals surface area contributed by atoms with Crippen LogP contribution < -0.4 is 9.47 Å². The summed E-state index contributed by atoms with van der Waals surface area (Å²) in [6.45, 7) is 1.71. The molecule has 148 valence electrons. The molecule has 2 aromatic rings. The molecule has 0 unspecified atom stereocenters. The first kappa shape index (κ1) is 20.3. The van der Waals surface area contributed by atoms with Crippen LogP contribution in [-0.2, 0) is 9.59 Å². The third-order valence-electron chi connectivity index (χ3n) is 4.30. The van der Waals surface area contributed by atoms with Gasteiger partial charge in [-0.05, 0) is 36.4 Å². The third-order valence-corrected chi connectivity index (χ3v) is 4.77. The first-order chi connectivity index (χ1) is 13.5. The van der Waals surface area contributed by atoms with E-state index in [4.69, 9.17) is 32.7 Å². The Balaban J connectivity index is 1.40. The Morgan fingerprint density at radius 1 is 0.750 bits per heavy atom. The monoisotopic (exact) mass is 422 g/mol.